The highest BCUT2D eigenvalue weighted by Crippen LogP contribution is 2.34. The van der Waals surface area contributed by atoms with Crippen molar-refractivity contribution in [2.45, 2.75) is 26.3 Å². The molecule has 0 amide bonds. The molecule has 21 heavy (non-hydrogen) atoms. The number of hydrogen-bond donors (Lipinski definition) is 1. The molecule has 1 saturated heterocycles. The van der Waals surface area contributed by atoms with E-state index in [1.165, 1.54) is 34.5 Å². The van der Waals surface area contributed by atoms with Gasteiger partial charge in [-0.25, -0.2) is 0 Å². The monoisotopic (exact) mass is 300 g/mol. The van der Waals surface area contributed by atoms with Crippen LogP contribution >= 0.6 is 11.3 Å². The highest BCUT2D eigenvalue weighted by molar-refractivity contribution is 7.10. The average Bonchev–Trinajstić information content (AvgIpc) is 2.75. The maximum absolute atomic E-state index is 3.51. The number of nitrogens with zero attached hydrogens (tertiary/aromatic N) is 1. The molecule has 0 bridgehead atoms. The van der Waals surface area contributed by atoms with Crippen LogP contribution in [0.25, 0.3) is 0 Å². The number of benzene rings is 1. The molecule has 1 aliphatic heterocycles. The fourth-order valence-corrected chi connectivity index (χ4v) is 4.15. The van der Waals surface area contributed by atoms with Crippen molar-refractivity contribution in [3.63, 3.8) is 0 Å². The SMILES string of the molecule is Cc1ccc(C(c2sccc2C)N2CCCNCC2)cc1. The molecule has 0 spiro atoms. The molecule has 3 heteroatoms. The van der Waals surface area contributed by atoms with Crippen LogP contribution in [0.15, 0.2) is 35.7 Å². The van der Waals surface area contributed by atoms with Gasteiger partial charge in [-0.1, -0.05) is 29.8 Å². The zero-order chi connectivity index (χ0) is 14.7. The van der Waals surface area contributed by atoms with Gasteiger partial charge in [0.15, 0.2) is 0 Å². The Morgan fingerprint density at radius 1 is 1.05 bits per heavy atom. The molecule has 0 aliphatic carbocycles. The summed E-state index contributed by atoms with van der Waals surface area (Å²) in [5.74, 6) is 0. The van der Waals surface area contributed by atoms with Gasteiger partial charge in [0, 0.05) is 24.5 Å². The number of hydrogen-bond acceptors (Lipinski definition) is 3. The van der Waals surface area contributed by atoms with E-state index < -0.39 is 0 Å². The lowest BCUT2D eigenvalue weighted by Gasteiger charge is -2.31. The highest BCUT2D eigenvalue weighted by atomic mass is 32.1. The van der Waals surface area contributed by atoms with Crippen molar-refractivity contribution < 1.29 is 0 Å². The molecule has 0 radical (unpaired) electrons. The summed E-state index contributed by atoms with van der Waals surface area (Å²) in [6.45, 7) is 8.92. The molecule has 112 valence electrons. The Labute approximate surface area is 131 Å². The van der Waals surface area contributed by atoms with Crippen LogP contribution in [0.5, 0.6) is 0 Å². The van der Waals surface area contributed by atoms with Crippen LogP contribution in [0.4, 0.5) is 0 Å². The molecule has 1 atom stereocenters. The van der Waals surface area contributed by atoms with Gasteiger partial charge in [0.05, 0.1) is 6.04 Å². The Morgan fingerprint density at radius 3 is 2.57 bits per heavy atom. The molecule has 2 heterocycles. The van der Waals surface area contributed by atoms with Gasteiger partial charge in [-0.15, -0.1) is 11.3 Å². The van der Waals surface area contributed by atoms with Crippen molar-refractivity contribution in [2.75, 3.05) is 26.2 Å². The number of nitrogens with one attached hydrogen (secondary N) is 1. The molecule has 1 unspecified atom stereocenters. The lowest BCUT2D eigenvalue weighted by Crippen LogP contribution is -2.32. The summed E-state index contributed by atoms with van der Waals surface area (Å²) >= 11 is 1.90. The van der Waals surface area contributed by atoms with Crippen LogP contribution in [0.2, 0.25) is 0 Å². The van der Waals surface area contributed by atoms with E-state index in [0.29, 0.717) is 6.04 Å². The second-order valence-corrected chi connectivity index (χ2v) is 6.87. The average molecular weight is 300 g/mol. The van der Waals surface area contributed by atoms with Gasteiger partial charge in [-0.3, -0.25) is 4.90 Å². The van der Waals surface area contributed by atoms with Crippen molar-refractivity contribution in [3.05, 3.63) is 57.3 Å². The van der Waals surface area contributed by atoms with Crippen molar-refractivity contribution >= 4 is 11.3 Å². The van der Waals surface area contributed by atoms with Crippen LogP contribution in [-0.2, 0) is 0 Å². The summed E-state index contributed by atoms with van der Waals surface area (Å²) in [6, 6.07) is 11.7. The highest BCUT2D eigenvalue weighted by Gasteiger charge is 2.25. The lowest BCUT2D eigenvalue weighted by molar-refractivity contribution is 0.243. The molecule has 1 N–H and O–H groups in total. The van der Waals surface area contributed by atoms with Crippen molar-refractivity contribution in [3.8, 4) is 0 Å². The Kier molecular flexibility index (Phi) is 4.73. The summed E-state index contributed by atoms with van der Waals surface area (Å²) in [5, 5.41) is 5.74. The van der Waals surface area contributed by atoms with Crippen LogP contribution < -0.4 is 5.32 Å². The van der Waals surface area contributed by atoms with E-state index in [4.69, 9.17) is 0 Å². The van der Waals surface area contributed by atoms with E-state index >= 15 is 0 Å². The molecule has 1 aromatic heterocycles. The third kappa shape index (κ3) is 3.37. The smallest absolute Gasteiger partial charge is 0.0699 e. The normalized spacial score (nSPS) is 18.4. The first-order valence-electron chi connectivity index (χ1n) is 7.81. The first kappa shape index (κ1) is 14.8. The Balaban J connectivity index is 1.97. The fourth-order valence-electron chi connectivity index (χ4n) is 3.07. The molecule has 1 fully saturated rings. The molecule has 2 nitrogen and oxygen atoms in total. The second-order valence-electron chi connectivity index (χ2n) is 5.92. The number of aryl methyl sites for hydroxylation is 2. The molecule has 2 aromatic rings. The van der Waals surface area contributed by atoms with Gasteiger partial charge in [-0.2, -0.15) is 0 Å². The van der Waals surface area contributed by atoms with E-state index in [-0.39, 0.29) is 0 Å². The Bertz CT molecular complexity index is 565. The number of thiophene rings is 1. The second kappa shape index (κ2) is 6.73. The van der Waals surface area contributed by atoms with Gasteiger partial charge < -0.3 is 5.32 Å². The van der Waals surface area contributed by atoms with Gasteiger partial charge in [-0.05, 0) is 49.4 Å². The summed E-state index contributed by atoms with van der Waals surface area (Å²) in [7, 11) is 0. The lowest BCUT2D eigenvalue weighted by atomic mass is 10.00. The van der Waals surface area contributed by atoms with Crippen LogP contribution in [0, 0.1) is 13.8 Å². The van der Waals surface area contributed by atoms with E-state index in [1.807, 2.05) is 11.3 Å². The van der Waals surface area contributed by atoms with Gasteiger partial charge in [0.1, 0.15) is 0 Å². The quantitative estimate of drug-likeness (QED) is 0.928. The first-order chi connectivity index (χ1) is 10.3. The first-order valence-corrected chi connectivity index (χ1v) is 8.69. The Hall–Kier alpha value is -1.16. The zero-order valence-electron chi connectivity index (χ0n) is 12.9. The predicted octanol–water partition coefficient (Wildman–Crippen LogP) is 3.75. The largest absolute Gasteiger partial charge is 0.315 e. The van der Waals surface area contributed by atoms with E-state index in [0.717, 1.165) is 19.6 Å². The third-order valence-electron chi connectivity index (χ3n) is 4.28. The van der Waals surface area contributed by atoms with Crippen molar-refractivity contribution in [1.29, 1.82) is 0 Å². The maximum Gasteiger partial charge on any atom is 0.0699 e. The molecular formula is C18H24N2S. The third-order valence-corrected chi connectivity index (χ3v) is 5.35. The number of rotatable bonds is 3. The summed E-state index contributed by atoms with van der Waals surface area (Å²) in [6.07, 6.45) is 1.23. The van der Waals surface area contributed by atoms with Gasteiger partial charge in [0.25, 0.3) is 0 Å². The minimum Gasteiger partial charge on any atom is -0.315 e. The topological polar surface area (TPSA) is 15.3 Å². The van der Waals surface area contributed by atoms with Gasteiger partial charge >= 0.3 is 0 Å². The molecule has 3 rings (SSSR count). The Morgan fingerprint density at radius 2 is 1.86 bits per heavy atom. The minimum absolute atomic E-state index is 0.408. The standard InChI is InChI=1S/C18H24N2S/c1-14-4-6-16(7-5-14)17(18-15(2)8-13-21-18)20-11-3-9-19-10-12-20/h4-8,13,17,19H,3,9-12H2,1-2H3. The molecule has 0 saturated carbocycles. The zero-order valence-corrected chi connectivity index (χ0v) is 13.7. The van der Waals surface area contributed by atoms with Crippen LogP contribution in [-0.4, -0.2) is 31.1 Å². The van der Waals surface area contributed by atoms with Crippen LogP contribution in [0.3, 0.4) is 0 Å². The minimum atomic E-state index is 0.408. The molecule has 1 aliphatic rings. The van der Waals surface area contributed by atoms with Crippen molar-refractivity contribution in [2.24, 2.45) is 0 Å². The van der Waals surface area contributed by atoms with E-state index in [9.17, 15) is 0 Å². The fraction of sp³-hybridized carbons (Fsp3) is 0.444. The summed E-state index contributed by atoms with van der Waals surface area (Å²) in [5.41, 5.74) is 4.17. The predicted molar refractivity (Wildman–Crippen MR) is 91.1 cm³/mol. The van der Waals surface area contributed by atoms with E-state index in [2.05, 4.69) is 59.8 Å². The van der Waals surface area contributed by atoms with E-state index in [1.54, 1.807) is 0 Å². The summed E-state index contributed by atoms with van der Waals surface area (Å²) in [4.78, 5) is 4.14. The van der Waals surface area contributed by atoms with Crippen LogP contribution in [0.1, 0.15) is 34.0 Å². The summed E-state index contributed by atoms with van der Waals surface area (Å²) < 4.78 is 0. The molecular weight excluding hydrogens is 276 g/mol. The van der Waals surface area contributed by atoms with Crippen molar-refractivity contribution in [1.82, 2.24) is 10.2 Å². The molecule has 1 aromatic carbocycles. The van der Waals surface area contributed by atoms with Gasteiger partial charge in [0.2, 0.25) is 0 Å². The maximum atomic E-state index is 3.51.